The number of alkyl halides is 2. The molecule has 0 aliphatic carbocycles. The maximum Gasteiger partial charge on any atom is 0.288 e. The van der Waals surface area contributed by atoms with Crippen molar-refractivity contribution >= 4 is 11.8 Å². The first-order chi connectivity index (χ1) is 9.37. The van der Waals surface area contributed by atoms with E-state index < -0.39 is 30.9 Å². The monoisotopic (exact) mass is 287 g/mol. The third-order valence-corrected chi connectivity index (χ3v) is 2.50. The zero-order valence-electron chi connectivity index (χ0n) is 10.8. The van der Waals surface area contributed by atoms with Crippen LogP contribution in [0.1, 0.15) is 27.6 Å². The van der Waals surface area contributed by atoms with Gasteiger partial charge in [-0.25, -0.2) is 8.78 Å². The molecule has 0 radical (unpaired) electrons. The van der Waals surface area contributed by atoms with E-state index in [4.69, 9.17) is 10.2 Å². The SMILES string of the molecule is CCO.O=C1c2ccccc2C(=O)N1CC(F)(F)CO. The normalized spacial score (nSPS) is 13.9. The molecule has 0 bridgehead atoms. The van der Waals surface area contributed by atoms with Crippen molar-refractivity contribution in [1.29, 1.82) is 0 Å². The van der Waals surface area contributed by atoms with Crippen molar-refractivity contribution in [3.8, 4) is 0 Å². The topological polar surface area (TPSA) is 77.8 Å². The van der Waals surface area contributed by atoms with Crippen LogP contribution in [0.2, 0.25) is 0 Å². The van der Waals surface area contributed by atoms with Crippen LogP contribution < -0.4 is 0 Å². The molecule has 0 saturated carbocycles. The fourth-order valence-electron chi connectivity index (χ4n) is 1.66. The predicted octanol–water partition coefficient (Wildman–Crippen LogP) is 0.909. The minimum Gasteiger partial charge on any atom is -0.397 e. The summed E-state index contributed by atoms with van der Waals surface area (Å²) >= 11 is 0. The van der Waals surface area contributed by atoms with Crippen LogP contribution >= 0.6 is 0 Å². The molecule has 1 aromatic rings. The molecule has 20 heavy (non-hydrogen) atoms. The molecule has 2 amide bonds. The lowest BCUT2D eigenvalue weighted by Gasteiger charge is -2.20. The third kappa shape index (κ3) is 3.37. The summed E-state index contributed by atoms with van der Waals surface area (Å²) in [6.45, 7) is -0.573. The van der Waals surface area contributed by atoms with E-state index in [9.17, 15) is 18.4 Å². The largest absolute Gasteiger partial charge is 0.397 e. The highest BCUT2D eigenvalue weighted by molar-refractivity contribution is 6.21. The van der Waals surface area contributed by atoms with Crippen molar-refractivity contribution in [2.45, 2.75) is 12.8 Å². The molecule has 1 aliphatic rings. The number of halogens is 2. The highest BCUT2D eigenvalue weighted by atomic mass is 19.3. The molecule has 7 heteroatoms. The number of hydrogen-bond donors (Lipinski definition) is 2. The maximum atomic E-state index is 13.0. The second-order valence-electron chi connectivity index (χ2n) is 4.07. The first-order valence-electron chi connectivity index (χ1n) is 5.92. The lowest BCUT2D eigenvalue weighted by Crippen LogP contribution is -2.42. The molecule has 2 N–H and O–H groups in total. The second kappa shape index (κ2) is 6.53. The van der Waals surface area contributed by atoms with E-state index in [0.717, 1.165) is 0 Å². The van der Waals surface area contributed by atoms with Gasteiger partial charge in [-0.05, 0) is 19.1 Å². The number of rotatable bonds is 3. The Labute approximate surface area is 114 Å². The van der Waals surface area contributed by atoms with Crippen LogP contribution in [0.15, 0.2) is 24.3 Å². The Bertz CT molecular complexity index is 470. The number of aliphatic hydroxyl groups is 2. The average Bonchev–Trinajstić information content (AvgIpc) is 2.65. The first-order valence-corrected chi connectivity index (χ1v) is 5.92. The van der Waals surface area contributed by atoms with E-state index in [2.05, 4.69) is 0 Å². The summed E-state index contributed by atoms with van der Waals surface area (Å²) in [6, 6.07) is 5.93. The number of benzene rings is 1. The Morgan fingerprint density at radius 1 is 1.10 bits per heavy atom. The van der Waals surface area contributed by atoms with E-state index in [0.29, 0.717) is 4.90 Å². The number of amides is 2. The van der Waals surface area contributed by atoms with Gasteiger partial charge in [-0.2, -0.15) is 0 Å². The molecule has 110 valence electrons. The van der Waals surface area contributed by atoms with E-state index >= 15 is 0 Å². The minimum atomic E-state index is -3.48. The van der Waals surface area contributed by atoms with Gasteiger partial charge in [0.15, 0.2) is 0 Å². The Balaban J connectivity index is 0.000000612. The van der Waals surface area contributed by atoms with Crippen LogP contribution in [0, 0.1) is 0 Å². The van der Waals surface area contributed by atoms with Crippen LogP contribution in [0.5, 0.6) is 0 Å². The highest BCUT2D eigenvalue weighted by Crippen LogP contribution is 2.25. The van der Waals surface area contributed by atoms with E-state index in [1.165, 1.54) is 12.1 Å². The van der Waals surface area contributed by atoms with E-state index in [1.54, 1.807) is 19.1 Å². The zero-order chi connectivity index (χ0) is 15.3. The molecule has 0 spiro atoms. The molecule has 0 fully saturated rings. The lowest BCUT2D eigenvalue weighted by molar-refractivity contribution is -0.0627. The smallest absolute Gasteiger partial charge is 0.288 e. The van der Waals surface area contributed by atoms with Crippen LogP contribution in [0.4, 0.5) is 8.78 Å². The number of fused-ring (bicyclic) bond motifs is 1. The number of aliphatic hydroxyl groups excluding tert-OH is 2. The summed E-state index contributed by atoms with van der Waals surface area (Å²) in [5.74, 6) is -4.98. The molecule has 0 unspecified atom stereocenters. The molecule has 2 rings (SSSR count). The van der Waals surface area contributed by atoms with Gasteiger partial charge in [0.05, 0.1) is 17.7 Å². The third-order valence-electron chi connectivity index (χ3n) is 2.50. The number of hydrogen-bond acceptors (Lipinski definition) is 4. The molecular weight excluding hydrogens is 272 g/mol. The van der Waals surface area contributed by atoms with Crippen LogP contribution in [0.25, 0.3) is 0 Å². The quantitative estimate of drug-likeness (QED) is 0.810. The van der Waals surface area contributed by atoms with Crippen molar-refractivity contribution < 1.29 is 28.6 Å². The molecule has 0 atom stereocenters. The highest BCUT2D eigenvalue weighted by Gasteiger charge is 2.41. The van der Waals surface area contributed by atoms with Crippen LogP contribution in [0.3, 0.4) is 0 Å². The van der Waals surface area contributed by atoms with Gasteiger partial charge in [0.2, 0.25) is 0 Å². The average molecular weight is 287 g/mol. The van der Waals surface area contributed by atoms with Crippen LogP contribution in [-0.2, 0) is 0 Å². The fraction of sp³-hybridized carbons (Fsp3) is 0.385. The summed E-state index contributed by atoms with van der Waals surface area (Å²) in [6.07, 6.45) is 0. The number of nitrogens with zero attached hydrogens (tertiary/aromatic N) is 1. The minimum absolute atomic E-state index is 0.117. The standard InChI is InChI=1S/C11H9F2NO3.C2H6O/c12-11(13,6-15)5-14-9(16)7-3-1-2-4-8(7)10(14)17;1-2-3/h1-4,15H,5-6H2;3H,2H2,1H3. The summed E-state index contributed by atoms with van der Waals surface area (Å²) < 4.78 is 26.0. The van der Waals surface area contributed by atoms with Gasteiger partial charge >= 0.3 is 0 Å². The van der Waals surface area contributed by atoms with E-state index in [1.807, 2.05) is 0 Å². The predicted molar refractivity (Wildman–Crippen MR) is 66.6 cm³/mol. The zero-order valence-corrected chi connectivity index (χ0v) is 10.8. The molecule has 1 aliphatic heterocycles. The van der Waals surface area contributed by atoms with Gasteiger partial charge in [-0.3, -0.25) is 14.5 Å². The van der Waals surface area contributed by atoms with Crippen LogP contribution in [-0.4, -0.2) is 52.6 Å². The summed E-state index contributed by atoms with van der Waals surface area (Å²) in [5, 5.41) is 16.0. The van der Waals surface area contributed by atoms with Gasteiger partial charge in [-0.15, -0.1) is 0 Å². The first kappa shape index (κ1) is 16.2. The van der Waals surface area contributed by atoms with E-state index in [-0.39, 0.29) is 17.7 Å². The van der Waals surface area contributed by atoms with Crippen molar-refractivity contribution in [2.75, 3.05) is 19.8 Å². The van der Waals surface area contributed by atoms with Gasteiger partial charge in [-0.1, -0.05) is 12.1 Å². The molecule has 1 aromatic carbocycles. The Hall–Kier alpha value is -1.86. The van der Waals surface area contributed by atoms with Gasteiger partial charge in [0.1, 0.15) is 6.61 Å². The second-order valence-corrected chi connectivity index (χ2v) is 4.07. The maximum absolute atomic E-state index is 13.0. The number of carbonyl (C=O) groups is 2. The van der Waals surface area contributed by atoms with Gasteiger partial charge in [0, 0.05) is 6.61 Å². The summed E-state index contributed by atoms with van der Waals surface area (Å²) in [4.78, 5) is 23.8. The molecule has 1 heterocycles. The van der Waals surface area contributed by atoms with Gasteiger partial charge < -0.3 is 10.2 Å². The number of carbonyl (C=O) groups excluding carboxylic acids is 2. The Morgan fingerprint density at radius 2 is 1.50 bits per heavy atom. The summed E-state index contributed by atoms with van der Waals surface area (Å²) in [5.41, 5.74) is 0.234. The molecule has 0 aromatic heterocycles. The lowest BCUT2D eigenvalue weighted by atomic mass is 10.1. The van der Waals surface area contributed by atoms with Crippen molar-refractivity contribution in [1.82, 2.24) is 4.90 Å². The van der Waals surface area contributed by atoms with Crippen molar-refractivity contribution in [2.24, 2.45) is 0 Å². The molecule has 0 saturated heterocycles. The Morgan fingerprint density at radius 3 is 1.85 bits per heavy atom. The molecule has 5 nitrogen and oxygen atoms in total. The van der Waals surface area contributed by atoms with Crippen molar-refractivity contribution in [3.63, 3.8) is 0 Å². The molecular formula is C13H15F2NO4. The number of imide groups is 1. The summed E-state index contributed by atoms with van der Waals surface area (Å²) in [7, 11) is 0. The van der Waals surface area contributed by atoms with Crippen molar-refractivity contribution in [3.05, 3.63) is 35.4 Å². The van der Waals surface area contributed by atoms with Gasteiger partial charge in [0.25, 0.3) is 17.7 Å². The Kier molecular flexibility index (Phi) is 5.29. The fourth-order valence-corrected chi connectivity index (χ4v) is 1.66.